The standard InChI is InChI=1S/C13H15N3OS/c1-3-10-11(8-16(2)15-10)14-13(17)9-6-4-5-7-12(9)18/h4-8,18H,3H2,1-2H3,(H,14,17). The highest BCUT2D eigenvalue weighted by Crippen LogP contribution is 2.18. The van der Waals surface area contributed by atoms with E-state index in [2.05, 4.69) is 23.0 Å². The van der Waals surface area contributed by atoms with Gasteiger partial charge in [-0.1, -0.05) is 19.1 Å². The molecule has 0 radical (unpaired) electrons. The number of carbonyl (C=O) groups is 1. The van der Waals surface area contributed by atoms with Gasteiger partial charge in [-0.05, 0) is 18.6 Å². The quantitative estimate of drug-likeness (QED) is 0.834. The monoisotopic (exact) mass is 261 g/mol. The number of aryl methyl sites for hydroxylation is 2. The molecule has 4 nitrogen and oxygen atoms in total. The highest BCUT2D eigenvalue weighted by molar-refractivity contribution is 7.80. The predicted molar refractivity (Wildman–Crippen MR) is 74.2 cm³/mol. The third kappa shape index (κ3) is 2.56. The summed E-state index contributed by atoms with van der Waals surface area (Å²) in [5.74, 6) is -0.164. The van der Waals surface area contributed by atoms with Crippen molar-refractivity contribution in [2.45, 2.75) is 18.2 Å². The van der Waals surface area contributed by atoms with Crippen LogP contribution in [0.3, 0.4) is 0 Å². The van der Waals surface area contributed by atoms with Gasteiger partial charge in [0.15, 0.2) is 0 Å². The van der Waals surface area contributed by atoms with Crippen molar-refractivity contribution in [3.8, 4) is 0 Å². The molecular formula is C13H15N3OS. The van der Waals surface area contributed by atoms with Crippen LogP contribution in [0.2, 0.25) is 0 Å². The van der Waals surface area contributed by atoms with E-state index in [-0.39, 0.29) is 5.91 Å². The summed E-state index contributed by atoms with van der Waals surface area (Å²) < 4.78 is 1.70. The highest BCUT2D eigenvalue weighted by Gasteiger charge is 2.12. The Morgan fingerprint density at radius 1 is 1.44 bits per heavy atom. The van der Waals surface area contributed by atoms with Crippen LogP contribution in [-0.2, 0) is 13.5 Å². The van der Waals surface area contributed by atoms with Crippen molar-refractivity contribution in [1.29, 1.82) is 0 Å². The zero-order chi connectivity index (χ0) is 13.1. The lowest BCUT2D eigenvalue weighted by atomic mass is 10.2. The van der Waals surface area contributed by atoms with Gasteiger partial charge in [0.2, 0.25) is 0 Å². The number of rotatable bonds is 3. The third-order valence-corrected chi connectivity index (χ3v) is 3.03. The molecule has 1 amide bonds. The zero-order valence-corrected chi connectivity index (χ0v) is 11.2. The number of benzene rings is 1. The van der Waals surface area contributed by atoms with Gasteiger partial charge in [0.1, 0.15) is 0 Å². The molecule has 18 heavy (non-hydrogen) atoms. The maximum absolute atomic E-state index is 12.1. The van der Waals surface area contributed by atoms with E-state index in [4.69, 9.17) is 0 Å². The van der Waals surface area contributed by atoms with E-state index in [1.165, 1.54) is 0 Å². The van der Waals surface area contributed by atoms with Crippen LogP contribution in [0.1, 0.15) is 23.0 Å². The second kappa shape index (κ2) is 5.27. The van der Waals surface area contributed by atoms with Gasteiger partial charge >= 0.3 is 0 Å². The minimum atomic E-state index is -0.164. The minimum Gasteiger partial charge on any atom is -0.319 e. The molecule has 2 rings (SSSR count). The van der Waals surface area contributed by atoms with E-state index in [1.54, 1.807) is 23.0 Å². The van der Waals surface area contributed by atoms with Crippen LogP contribution in [0.15, 0.2) is 35.4 Å². The molecule has 1 aromatic heterocycles. The highest BCUT2D eigenvalue weighted by atomic mass is 32.1. The number of hydrogen-bond acceptors (Lipinski definition) is 3. The Morgan fingerprint density at radius 3 is 2.83 bits per heavy atom. The third-order valence-electron chi connectivity index (χ3n) is 2.64. The summed E-state index contributed by atoms with van der Waals surface area (Å²) in [5, 5.41) is 7.15. The van der Waals surface area contributed by atoms with Gasteiger partial charge in [-0.15, -0.1) is 12.6 Å². The molecule has 0 aliphatic heterocycles. The number of carbonyl (C=O) groups excluding carboxylic acids is 1. The number of nitrogens with zero attached hydrogens (tertiary/aromatic N) is 2. The average molecular weight is 261 g/mol. The molecule has 0 fully saturated rings. The van der Waals surface area contributed by atoms with Crippen molar-refractivity contribution in [2.75, 3.05) is 5.32 Å². The first-order valence-electron chi connectivity index (χ1n) is 5.73. The maximum atomic E-state index is 12.1. The number of thiol groups is 1. The molecule has 2 aromatic rings. The number of aromatic nitrogens is 2. The van der Waals surface area contributed by atoms with Crippen molar-refractivity contribution in [1.82, 2.24) is 9.78 Å². The number of amides is 1. The van der Waals surface area contributed by atoms with Crippen molar-refractivity contribution in [3.63, 3.8) is 0 Å². The molecule has 0 bridgehead atoms. The predicted octanol–water partition coefficient (Wildman–Crippen LogP) is 2.52. The Balaban J connectivity index is 2.24. The van der Waals surface area contributed by atoms with Gasteiger partial charge in [0.25, 0.3) is 5.91 Å². The molecule has 1 N–H and O–H groups in total. The topological polar surface area (TPSA) is 46.9 Å². The molecule has 1 heterocycles. The molecule has 0 unspecified atom stereocenters. The molecule has 5 heteroatoms. The van der Waals surface area contributed by atoms with Crippen LogP contribution < -0.4 is 5.32 Å². The fourth-order valence-corrected chi connectivity index (χ4v) is 2.02. The smallest absolute Gasteiger partial charge is 0.256 e. The number of nitrogens with one attached hydrogen (secondary N) is 1. The Bertz CT molecular complexity index is 577. The summed E-state index contributed by atoms with van der Waals surface area (Å²) in [7, 11) is 1.83. The van der Waals surface area contributed by atoms with Gasteiger partial charge in [-0.25, -0.2) is 0 Å². The molecule has 0 aliphatic carbocycles. The summed E-state index contributed by atoms with van der Waals surface area (Å²) in [6, 6.07) is 7.21. The zero-order valence-electron chi connectivity index (χ0n) is 10.3. The van der Waals surface area contributed by atoms with Crippen molar-refractivity contribution in [2.24, 2.45) is 7.05 Å². The van der Waals surface area contributed by atoms with Crippen molar-refractivity contribution in [3.05, 3.63) is 41.7 Å². The Kier molecular flexibility index (Phi) is 3.72. The van der Waals surface area contributed by atoms with E-state index >= 15 is 0 Å². The molecule has 1 aromatic carbocycles. The van der Waals surface area contributed by atoms with Gasteiger partial charge < -0.3 is 5.32 Å². The maximum Gasteiger partial charge on any atom is 0.256 e. The fraction of sp³-hybridized carbons (Fsp3) is 0.231. The molecule has 0 aliphatic rings. The van der Waals surface area contributed by atoms with E-state index in [1.807, 2.05) is 26.1 Å². The SMILES string of the molecule is CCc1nn(C)cc1NC(=O)c1ccccc1S. The van der Waals surface area contributed by atoms with Crippen LogP contribution in [0.25, 0.3) is 0 Å². The summed E-state index contributed by atoms with van der Waals surface area (Å²) in [6.45, 7) is 2.00. The Morgan fingerprint density at radius 2 is 2.17 bits per heavy atom. The van der Waals surface area contributed by atoms with Crippen LogP contribution in [0.5, 0.6) is 0 Å². The second-order valence-electron chi connectivity index (χ2n) is 3.99. The first kappa shape index (κ1) is 12.7. The van der Waals surface area contributed by atoms with E-state index in [9.17, 15) is 4.79 Å². The summed E-state index contributed by atoms with van der Waals surface area (Å²) in [6.07, 6.45) is 2.58. The first-order chi connectivity index (χ1) is 8.61. The van der Waals surface area contributed by atoms with Crippen molar-refractivity contribution < 1.29 is 4.79 Å². The summed E-state index contributed by atoms with van der Waals surface area (Å²) in [4.78, 5) is 12.8. The largest absolute Gasteiger partial charge is 0.319 e. The second-order valence-corrected chi connectivity index (χ2v) is 4.47. The minimum absolute atomic E-state index is 0.164. The van der Waals surface area contributed by atoms with Gasteiger partial charge in [-0.3, -0.25) is 9.48 Å². The van der Waals surface area contributed by atoms with Crippen molar-refractivity contribution >= 4 is 24.2 Å². The lowest BCUT2D eigenvalue weighted by molar-refractivity contribution is 0.102. The average Bonchev–Trinajstić information content (AvgIpc) is 2.70. The van der Waals surface area contributed by atoms with E-state index in [0.717, 1.165) is 17.8 Å². The molecule has 0 saturated heterocycles. The molecule has 0 atom stereocenters. The molecule has 0 spiro atoms. The number of hydrogen-bond donors (Lipinski definition) is 2. The summed E-state index contributed by atoms with van der Waals surface area (Å²) in [5.41, 5.74) is 2.19. The van der Waals surface area contributed by atoms with Crippen LogP contribution in [-0.4, -0.2) is 15.7 Å². The molecule has 0 saturated carbocycles. The first-order valence-corrected chi connectivity index (χ1v) is 6.18. The Labute approximate surface area is 111 Å². The summed E-state index contributed by atoms with van der Waals surface area (Å²) >= 11 is 4.28. The van der Waals surface area contributed by atoms with Gasteiger partial charge in [0.05, 0.1) is 16.9 Å². The van der Waals surface area contributed by atoms with Crippen LogP contribution >= 0.6 is 12.6 Å². The van der Waals surface area contributed by atoms with Crippen LogP contribution in [0, 0.1) is 0 Å². The molecule has 94 valence electrons. The van der Waals surface area contributed by atoms with Gasteiger partial charge in [-0.2, -0.15) is 5.10 Å². The van der Waals surface area contributed by atoms with E-state index in [0.29, 0.717) is 10.5 Å². The molecular weight excluding hydrogens is 246 g/mol. The lowest BCUT2D eigenvalue weighted by Gasteiger charge is -2.06. The normalized spacial score (nSPS) is 10.4. The van der Waals surface area contributed by atoms with Crippen LogP contribution in [0.4, 0.5) is 5.69 Å². The van der Waals surface area contributed by atoms with E-state index < -0.39 is 0 Å². The number of anilines is 1. The fourth-order valence-electron chi connectivity index (χ4n) is 1.76. The Hall–Kier alpha value is -1.75. The lowest BCUT2D eigenvalue weighted by Crippen LogP contribution is -2.13. The van der Waals surface area contributed by atoms with Gasteiger partial charge in [0, 0.05) is 18.1 Å².